The van der Waals surface area contributed by atoms with Crippen LogP contribution in [0.5, 0.6) is 0 Å². The zero-order chi connectivity index (χ0) is 8.48. The summed E-state index contributed by atoms with van der Waals surface area (Å²) in [5, 5.41) is 8.82. The van der Waals surface area contributed by atoms with E-state index in [2.05, 4.69) is 6.58 Å². The number of aliphatic hydroxyl groups is 1. The molecule has 0 radical (unpaired) electrons. The first-order valence-electron chi connectivity index (χ1n) is 3.33. The van der Waals surface area contributed by atoms with Crippen LogP contribution in [0.3, 0.4) is 0 Å². The Balaban J connectivity index is 2.54. The fraction of sp³-hybridized carbons (Fsp3) is 0.667. The molecular formula is C6H11NO3S. The van der Waals surface area contributed by atoms with E-state index >= 15 is 0 Å². The molecule has 0 saturated carbocycles. The number of nitrogens with zero attached hydrogens (tertiary/aromatic N) is 1. The average molecular weight is 177 g/mol. The first-order chi connectivity index (χ1) is 5.06. The van der Waals surface area contributed by atoms with Crippen molar-refractivity contribution < 1.29 is 13.5 Å². The van der Waals surface area contributed by atoms with Gasteiger partial charge in [0.05, 0.1) is 11.9 Å². The number of hydrogen-bond donors (Lipinski definition) is 1. The van der Waals surface area contributed by atoms with Gasteiger partial charge in [0.2, 0.25) is 10.0 Å². The monoisotopic (exact) mass is 177 g/mol. The van der Waals surface area contributed by atoms with Gasteiger partial charge in [-0.15, -0.1) is 6.58 Å². The van der Waals surface area contributed by atoms with Crippen molar-refractivity contribution in [2.45, 2.75) is 6.10 Å². The number of sulfonamides is 1. The van der Waals surface area contributed by atoms with Gasteiger partial charge in [-0.2, -0.15) is 4.31 Å². The zero-order valence-electron chi connectivity index (χ0n) is 6.10. The largest absolute Gasteiger partial charge is 0.390 e. The molecule has 4 nitrogen and oxygen atoms in total. The second kappa shape index (κ2) is 2.92. The third-order valence-electron chi connectivity index (χ3n) is 1.55. The molecule has 0 bridgehead atoms. The van der Waals surface area contributed by atoms with Crippen molar-refractivity contribution in [2.24, 2.45) is 0 Å². The molecular weight excluding hydrogens is 166 g/mol. The Morgan fingerprint density at radius 3 is 2.55 bits per heavy atom. The van der Waals surface area contributed by atoms with Gasteiger partial charge in [0.25, 0.3) is 0 Å². The number of aliphatic hydroxyl groups excluding tert-OH is 1. The molecule has 1 aliphatic heterocycles. The Kier molecular flexibility index (Phi) is 2.31. The molecule has 1 aliphatic rings. The van der Waals surface area contributed by atoms with Crippen molar-refractivity contribution in [3.8, 4) is 0 Å². The van der Waals surface area contributed by atoms with Gasteiger partial charge in [-0.05, 0) is 0 Å². The third-order valence-corrected chi connectivity index (χ3v) is 3.29. The summed E-state index contributed by atoms with van der Waals surface area (Å²) in [6.07, 6.45) is 0.870. The van der Waals surface area contributed by atoms with Crippen molar-refractivity contribution >= 4 is 10.0 Å². The van der Waals surface area contributed by atoms with Crippen LogP contribution in [0, 0.1) is 0 Å². The molecule has 1 heterocycles. The zero-order valence-corrected chi connectivity index (χ0v) is 6.92. The SMILES string of the molecule is C=CCS(=O)(=O)N1CC(O)C1. The van der Waals surface area contributed by atoms with E-state index in [1.165, 1.54) is 10.4 Å². The van der Waals surface area contributed by atoms with Crippen LogP contribution in [-0.2, 0) is 10.0 Å². The third kappa shape index (κ3) is 1.79. The van der Waals surface area contributed by atoms with Gasteiger partial charge >= 0.3 is 0 Å². The first-order valence-corrected chi connectivity index (χ1v) is 4.94. The highest BCUT2D eigenvalue weighted by atomic mass is 32.2. The Labute approximate surface area is 66.2 Å². The van der Waals surface area contributed by atoms with Crippen molar-refractivity contribution in [3.63, 3.8) is 0 Å². The van der Waals surface area contributed by atoms with Gasteiger partial charge in [-0.3, -0.25) is 0 Å². The van der Waals surface area contributed by atoms with Gasteiger partial charge in [0.1, 0.15) is 0 Å². The Morgan fingerprint density at radius 1 is 1.64 bits per heavy atom. The van der Waals surface area contributed by atoms with Crippen LogP contribution in [0.15, 0.2) is 12.7 Å². The summed E-state index contributed by atoms with van der Waals surface area (Å²) in [6.45, 7) is 3.80. The molecule has 64 valence electrons. The molecule has 0 amide bonds. The predicted molar refractivity (Wildman–Crippen MR) is 41.6 cm³/mol. The lowest BCUT2D eigenvalue weighted by molar-refractivity contribution is 0.0550. The summed E-state index contributed by atoms with van der Waals surface area (Å²) in [5.74, 6) is -0.0419. The van der Waals surface area contributed by atoms with E-state index in [1.807, 2.05) is 0 Å². The quantitative estimate of drug-likeness (QED) is 0.573. The first kappa shape index (κ1) is 8.70. The number of hydrogen-bond acceptors (Lipinski definition) is 3. The molecule has 1 rings (SSSR count). The lowest BCUT2D eigenvalue weighted by atomic mass is 10.2. The highest BCUT2D eigenvalue weighted by Crippen LogP contribution is 2.13. The Hall–Kier alpha value is -0.390. The maximum absolute atomic E-state index is 11.1. The van der Waals surface area contributed by atoms with Crippen molar-refractivity contribution in [3.05, 3.63) is 12.7 Å². The molecule has 1 saturated heterocycles. The molecule has 0 atom stereocenters. The lowest BCUT2D eigenvalue weighted by Gasteiger charge is -2.34. The normalized spacial score (nSPS) is 21.2. The molecule has 5 heteroatoms. The molecule has 1 fully saturated rings. The minimum atomic E-state index is -3.15. The van der Waals surface area contributed by atoms with Gasteiger partial charge in [-0.1, -0.05) is 6.08 Å². The minimum Gasteiger partial charge on any atom is -0.390 e. The van der Waals surface area contributed by atoms with Crippen LogP contribution in [0.25, 0.3) is 0 Å². The fourth-order valence-electron chi connectivity index (χ4n) is 0.898. The van der Waals surface area contributed by atoms with Crippen LogP contribution in [0.4, 0.5) is 0 Å². The van der Waals surface area contributed by atoms with Crippen molar-refractivity contribution in [1.82, 2.24) is 4.31 Å². The van der Waals surface area contributed by atoms with Gasteiger partial charge < -0.3 is 5.11 Å². The van der Waals surface area contributed by atoms with Gasteiger partial charge in [0, 0.05) is 13.1 Å². The second-order valence-corrected chi connectivity index (χ2v) is 4.55. The van der Waals surface area contributed by atoms with Crippen LogP contribution in [0.1, 0.15) is 0 Å². The predicted octanol–water partition coefficient (Wildman–Crippen LogP) is -0.821. The van der Waals surface area contributed by atoms with E-state index < -0.39 is 16.1 Å². The summed E-state index contributed by atoms with van der Waals surface area (Å²) < 4.78 is 23.5. The van der Waals surface area contributed by atoms with Crippen LogP contribution in [-0.4, -0.2) is 42.8 Å². The van der Waals surface area contributed by atoms with E-state index in [-0.39, 0.29) is 18.8 Å². The molecule has 0 aromatic carbocycles. The van der Waals surface area contributed by atoms with Crippen LogP contribution >= 0.6 is 0 Å². The summed E-state index contributed by atoms with van der Waals surface area (Å²) >= 11 is 0. The standard InChI is InChI=1S/C6H11NO3S/c1-2-3-11(9,10)7-4-6(8)5-7/h2,6,8H,1,3-5H2. The maximum atomic E-state index is 11.1. The van der Waals surface area contributed by atoms with Gasteiger partial charge in [-0.25, -0.2) is 8.42 Å². The van der Waals surface area contributed by atoms with E-state index in [0.717, 1.165) is 0 Å². The van der Waals surface area contributed by atoms with Gasteiger partial charge in [0.15, 0.2) is 0 Å². The van der Waals surface area contributed by atoms with E-state index in [9.17, 15) is 8.42 Å². The summed E-state index contributed by atoms with van der Waals surface area (Å²) in [7, 11) is -3.15. The fourth-order valence-corrected chi connectivity index (χ4v) is 2.21. The average Bonchev–Trinajstić information content (AvgIpc) is 1.81. The minimum absolute atomic E-state index is 0.0419. The molecule has 0 aromatic rings. The lowest BCUT2D eigenvalue weighted by Crippen LogP contribution is -2.53. The highest BCUT2D eigenvalue weighted by Gasteiger charge is 2.33. The Bertz CT molecular complexity index is 241. The van der Waals surface area contributed by atoms with E-state index in [1.54, 1.807) is 0 Å². The van der Waals surface area contributed by atoms with Crippen LogP contribution < -0.4 is 0 Å². The molecule has 0 unspecified atom stereocenters. The Morgan fingerprint density at radius 2 is 2.18 bits per heavy atom. The number of β-amino-alcohol motifs (C(OH)–C–C–N with tert-alkyl or cyclic N) is 1. The smallest absolute Gasteiger partial charge is 0.217 e. The van der Waals surface area contributed by atoms with Crippen molar-refractivity contribution in [1.29, 1.82) is 0 Å². The molecule has 1 N–H and O–H groups in total. The van der Waals surface area contributed by atoms with Crippen molar-refractivity contribution in [2.75, 3.05) is 18.8 Å². The maximum Gasteiger partial charge on any atom is 0.217 e. The number of rotatable bonds is 3. The van der Waals surface area contributed by atoms with E-state index in [4.69, 9.17) is 5.11 Å². The van der Waals surface area contributed by atoms with Crippen LogP contribution in [0.2, 0.25) is 0 Å². The molecule has 0 aliphatic carbocycles. The second-order valence-electron chi connectivity index (χ2n) is 2.54. The summed E-state index contributed by atoms with van der Waals surface area (Å²) in [4.78, 5) is 0. The molecule has 0 aromatic heterocycles. The summed E-state index contributed by atoms with van der Waals surface area (Å²) in [5.41, 5.74) is 0. The molecule has 0 spiro atoms. The highest BCUT2D eigenvalue weighted by molar-refractivity contribution is 7.89. The van der Waals surface area contributed by atoms with E-state index in [0.29, 0.717) is 0 Å². The summed E-state index contributed by atoms with van der Waals surface area (Å²) in [6, 6.07) is 0. The topological polar surface area (TPSA) is 57.6 Å². The molecule has 11 heavy (non-hydrogen) atoms.